The minimum Gasteiger partial charge on any atom is -0.348 e. The second-order valence-electron chi connectivity index (χ2n) is 4.92. The zero-order valence-electron chi connectivity index (χ0n) is 10.6. The van der Waals surface area contributed by atoms with Crippen LogP contribution in [0.2, 0.25) is 0 Å². The van der Waals surface area contributed by atoms with E-state index in [1.807, 2.05) is 11.3 Å². The highest BCUT2D eigenvalue weighted by atomic mass is 35.5. The molecule has 1 N–H and O–H groups in total. The lowest BCUT2D eigenvalue weighted by Crippen LogP contribution is -2.48. The smallest absolute Gasteiger partial charge is 0.168 e. The van der Waals surface area contributed by atoms with Crippen LogP contribution < -0.4 is 5.32 Å². The number of ether oxygens (including phenoxy) is 2. The summed E-state index contributed by atoms with van der Waals surface area (Å²) in [5.41, 5.74) is 0.134. The average molecular weight is 290 g/mol. The van der Waals surface area contributed by atoms with E-state index in [0.29, 0.717) is 0 Å². The summed E-state index contributed by atoms with van der Waals surface area (Å²) in [6.45, 7) is 1.51. The summed E-state index contributed by atoms with van der Waals surface area (Å²) in [5.74, 6) is -0.266. The van der Waals surface area contributed by atoms with Gasteiger partial charge in [-0.15, -0.1) is 23.7 Å². The second kappa shape index (κ2) is 5.47. The second-order valence-corrected chi connectivity index (χ2v) is 5.86. The lowest BCUT2D eigenvalue weighted by molar-refractivity contribution is -0.186. The standard InChI is InChI=1S/C13H19NO2S.ClH/c1-14-12(11-3-2-10-17-11)4-6-13(7-5-12)15-8-9-16-13;/h2-3,10,14H,4-9H2,1H3;1H. The number of thiophene rings is 1. The molecule has 1 spiro atoms. The predicted molar refractivity (Wildman–Crippen MR) is 75.4 cm³/mol. The van der Waals surface area contributed by atoms with Gasteiger partial charge in [0.05, 0.1) is 18.8 Å². The average Bonchev–Trinajstić information content (AvgIpc) is 3.03. The molecule has 0 bridgehead atoms. The van der Waals surface area contributed by atoms with E-state index in [9.17, 15) is 0 Å². The molecule has 1 saturated carbocycles. The first-order valence-electron chi connectivity index (χ1n) is 6.29. The van der Waals surface area contributed by atoms with Gasteiger partial charge >= 0.3 is 0 Å². The Bertz CT molecular complexity index is 366. The van der Waals surface area contributed by atoms with Crippen LogP contribution in [0.5, 0.6) is 0 Å². The van der Waals surface area contributed by atoms with Crippen LogP contribution in [0.15, 0.2) is 17.5 Å². The predicted octanol–water partition coefficient (Wildman–Crippen LogP) is 2.90. The Labute approximate surface area is 118 Å². The highest BCUT2D eigenvalue weighted by Gasteiger charge is 2.46. The molecule has 1 aliphatic carbocycles. The van der Waals surface area contributed by atoms with E-state index in [2.05, 4.69) is 29.9 Å². The summed E-state index contributed by atoms with van der Waals surface area (Å²) in [7, 11) is 2.06. The molecule has 0 amide bonds. The minimum absolute atomic E-state index is 0. The molecular formula is C13H20ClNO2S. The van der Waals surface area contributed by atoms with Crippen LogP contribution >= 0.6 is 23.7 Å². The van der Waals surface area contributed by atoms with E-state index in [1.54, 1.807) is 0 Å². The van der Waals surface area contributed by atoms with Crippen LogP contribution in [0.3, 0.4) is 0 Å². The van der Waals surface area contributed by atoms with E-state index in [-0.39, 0.29) is 23.7 Å². The van der Waals surface area contributed by atoms with Crippen LogP contribution in [0, 0.1) is 0 Å². The number of halogens is 1. The third-order valence-electron chi connectivity index (χ3n) is 4.15. The Balaban J connectivity index is 0.00000120. The maximum atomic E-state index is 5.79. The number of nitrogens with one attached hydrogen (secondary N) is 1. The Hall–Kier alpha value is -0.130. The van der Waals surface area contributed by atoms with E-state index in [4.69, 9.17) is 9.47 Å². The van der Waals surface area contributed by atoms with Gasteiger partial charge in [0.1, 0.15) is 0 Å². The first kappa shape index (κ1) is 14.3. The molecule has 2 aliphatic rings. The van der Waals surface area contributed by atoms with Crippen molar-refractivity contribution >= 4 is 23.7 Å². The first-order valence-corrected chi connectivity index (χ1v) is 7.17. The van der Waals surface area contributed by atoms with Gasteiger partial charge in [-0.05, 0) is 31.3 Å². The quantitative estimate of drug-likeness (QED) is 0.908. The molecule has 18 heavy (non-hydrogen) atoms. The molecule has 5 heteroatoms. The van der Waals surface area contributed by atoms with E-state index in [0.717, 1.165) is 38.9 Å². The van der Waals surface area contributed by atoms with Gasteiger partial charge in [-0.3, -0.25) is 0 Å². The summed E-state index contributed by atoms with van der Waals surface area (Å²) in [6.07, 6.45) is 4.16. The van der Waals surface area contributed by atoms with Gasteiger partial charge in [0.15, 0.2) is 5.79 Å². The highest BCUT2D eigenvalue weighted by molar-refractivity contribution is 7.10. The molecule has 1 aromatic heterocycles. The van der Waals surface area contributed by atoms with Crippen molar-refractivity contribution in [2.45, 2.75) is 37.0 Å². The summed E-state index contributed by atoms with van der Waals surface area (Å²) in [5, 5.41) is 5.68. The normalized spacial score (nSPS) is 24.9. The number of hydrogen-bond acceptors (Lipinski definition) is 4. The van der Waals surface area contributed by atoms with Crippen molar-refractivity contribution in [1.29, 1.82) is 0 Å². The lowest BCUT2D eigenvalue weighted by atomic mass is 9.77. The molecular weight excluding hydrogens is 270 g/mol. The van der Waals surface area contributed by atoms with Crippen molar-refractivity contribution in [2.24, 2.45) is 0 Å². The molecule has 2 heterocycles. The number of rotatable bonds is 2. The van der Waals surface area contributed by atoms with Crippen molar-refractivity contribution < 1.29 is 9.47 Å². The zero-order valence-corrected chi connectivity index (χ0v) is 12.2. The van der Waals surface area contributed by atoms with Gasteiger partial charge in [-0.1, -0.05) is 6.07 Å². The van der Waals surface area contributed by atoms with Gasteiger partial charge in [-0.2, -0.15) is 0 Å². The van der Waals surface area contributed by atoms with E-state index >= 15 is 0 Å². The maximum absolute atomic E-state index is 5.79. The first-order chi connectivity index (χ1) is 8.29. The van der Waals surface area contributed by atoms with Gasteiger partial charge in [0.25, 0.3) is 0 Å². The van der Waals surface area contributed by atoms with Gasteiger partial charge in [0, 0.05) is 17.7 Å². The minimum atomic E-state index is -0.266. The van der Waals surface area contributed by atoms with Crippen molar-refractivity contribution in [1.82, 2.24) is 5.32 Å². The summed E-state index contributed by atoms with van der Waals surface area (Å²) < 4.78 is 11.6. The van der Waals surface area contributed by atoms with Crippen LogP contribution in [0.25, 0.3) is 0 Å². The fourth-order valence-electron chi connectivity index (χ4n) is 3.01. The molecule has 3 nitrogen and oxygen atoms in total. The van der Waals surface area contributed by atoms with Crippen molar-refractivity contribution in [3.05, 3.63) is 22.4 Å². The van der Waals surface area contributed by atoms with Crippen LogP contribution in [0.1, 0.15) is 30.6 Å². The molecule has 102 valence electrons. The molecule has 1 aromatic rings. The fraction of sp³-hybridized carbons (Fsp3) is 0.692. The Kier molecular flexibility index (Phi) is 4.34. The van der Waals surface area contributed by atoms with Gasteiger partial charge in [-0.25, -0.2) is 0 Å². The lowest BCUT2D eigenvalue weighted by Gasteiger charge is -2.43. The summed E-state index contributed by atoms with van der Waals surface area (Å²) >= 11 is 1.84. The molecule has 1 aliphatic heterocycles. The monoisotopic (exact) mass is 289 g/mol. The summed E-state index contributed by atoms with van der Waals surface area (Å²) in [4.78, 5) is 1.44. The molecule has 0 atom stereocenters. The molecule has 0 unspecified atom stereocenters. The van der Waals surface area contributed by atoms with Crippen molar-refractivity contribution in [2.75, 3.05) is 20.3 Å². The molecule has 3 rings (SSSR count). The van der Waals surface area contributed by atoms with Gasteiger partial charge in [0.2, 0.25) is 0 Å². The van der Waals surface area contributed by atoms with Crippen molar-refractivity contribution in [3.63, 3.8) is 0 Å². The Morgan fingerprint density at radius 1 is 1.17 bits per heavy atom. The molecule has 2 fully saturated rings. The largest absolute Gasteiger partial charge is 0.348 e. The zero-order chi connectivity index (χ0) is 11.8. The van der Waals surface area contributed by atoms with E-state index < -0.39 is 0 Å². The Morgan fingerprint density at radius 3 is 2.33 bits per heavy atom. The fourth-order valence-corrected chi connectivity index (χ4v) is 4.01. The summed E-state index contributed by atoms with van der Waals surface area (Å²) in [6, 6.07) is 4.36. The van der Waals surface area contributed by atoms with E-state index in [1.165, 1.54) is 4.88 Å². The SMILES string of the molecule is CNC1(c2cccs2)CCC2(CC1)OCCO2.Cl. The highest BCUT2D eigenvalue weighted by Crippen LogP contribution is 2.45. The van der Waals surface area contributed by atoms with Crippen LogP contribution in [0.4, 0.5) is 0 Å². The van der Waals surface area contributed by atoms with Crippen LogP contribution in [-0.2, 0) is 15.0 Å². The van der Waals surface area contributed by atoms with Crippen LogP contribution in [-0.4, -0.2) is 26.0 Å². The maximum Gasteiger partial charge on any atom is 0.168 e. The molecule has 0 radical (unpaired) electrons. The van der Waals surface area contributed by atoms with Crippen molar-refractivity contribution in [3.8, 4) is 0 Å². The topological polar surface area (TPSA) is 30.5 Å². The molecule has 0 aromatic carbocycles. The van der Waals surface area contributed by atoms with Gasteiger partial charge < -0.3 is 14.8 Å². The number of hydrogen-bond donors (Lipinski definition) is 1. The molecule has 1 saturated heterocycles. The third-order valence-corrected chi connectivity index (χ3v) is 5.22. The third kappa shape index (κ3) is 2.32. The Morgan fingerprint density at radius 2 is 1.83 bits per heavy atom.